The third-order valence-electron chi connectivity index (χ3n) is 3.48. The van der Waals surface area contributed by atoms with Crippen molar-refractivity contribution in [2.75, 3.05) is 0 Å². The van der Waals surface area contributed by atoms with Crippen molar-refractivity contribution in [1.29, 1.82) is 0 Å². The van der Waals surface area contributed by atoms with Crippen LogP contribution in [0.3, 0.4) is 0 Å². The Labute approximate surface area is 113 Å². The van der Waals surface area contributed by atoms with Gasteiger partial charge in [0.25, 0.3) is 0 Å². The smallest absolute Gasteiger partial charge is 0.161 e. The highest BCUT2D eigenvalue weighted by atomic mass is 16.3. The maximum Gasteiger partial charge on any atom is 0.161 e. The summed E-state index contributed by atoms with van der Waals surface area (Å²) in [5.41, 5.74) is 0. The molecule has 0 aromatic rings. The molecule has 0 unspecified atom stereocenters. The molecule has 0 aromatic heterocycles. The fraction of sp³-hybridized carbons (Fsp3) is 0.938. The van der Waals surface area contributed by atoms with E-state index in [2.05, 4.69) is 13.8 Å². The Morgan fingerprint density at radius 3 is 1.89 bits per heavy atom. The van der Waals surface area contributed by atoms with Gasteiger partial charge in [-0.15, -0.1) is 0 Å². The summed E-state index contributed by atoms with van der Waals surface area (Å²) in [4.78, 5) is 11.6. The van der Waals surface area contributed by atoms with Crippen molar-refractivity contribution in [2.45, 2.75) is 97.0 Å². The first-order valence-electron chi connectivity index (χ1n) is 7.93. The minimum absolute atomic E-state index is 0.0574. The van der Waals surface area contributed by atoms with E-state index in [-0.39, 0.29) is 5.78 Å². The Kier molecular flexibility index (Phi) is 12.8. The first kappa shape index (κ1) is 17.6. The Bertz CT molecular complexity index is 190. The summed E-state index contributed by atoms with van der Waals surface area (Å²) in [5.74, 6) is 0.0574. The van der Waals surface area contributed by atoms with Crippen molar-refractivity contribution in [3.05, 3.63) is 0 Å². The van der Waals surface area contributed by atoms with Gasteiger partial charge in [-0.25, -0.2) is 0 Å². The van der Waals surface area contributed by atoms with E-state index >= 15 is 0 Å². The molecule has 1 N–H and O–H groups in total. The predicted octanol–water partition coefficient (Wildman–Crippen LogP) is 4.64. The molecular formula is C16H32O2. The lowest BCUT2D eigenvalue weighted by Crippen LogP contribution is -2.19. The summed E-state index contributed by atoms with van der Waals surface area (Å²) in [6, 6.07) is 0. The standard InChI is InChI=1S/C16H32O2/c1-3-5-7-9-11-13-15(17)16(18)14-12-10-8-6-4-2/h15,17H,3-14H2,1-2H3/t15-/m0/s1. The zero-order valence-electron chi connectivity index (χ0n) is 12.4. The second kappa shape index (κ2) is 13.1. The molecule has 0 saturated heterocycles. The van der Waals surface area contributed by atoms with Crippen molar-refractivity contribution in [1.82, 2.24) is 0 Å². The van der Waals surface area contributed by atoms with Crippen LogP contribution in [-0.2, 0) is 4.79 Å². The predicted molar refractivity (Wildman–Crippen MR) is 77.8 cm³/mol. The molecule has 0 aliphatic carbocycles. The van der Waals surface area contributed by atoms with E-state index in [1.54, 1.807) is 0 Å². The fourth-order valence-electron chi connectivity index (χ4n) is 2.17. The Hall–Kier alpha value is -0.370. The maximum atomic E-state index is 11.6. The fourth-order valence-corrected chi connectivity index (χ4v) is 2.17. The van der Waals surface area contributed by atoms with Crippen LogP contribution >= 0.6 is 0 Å². The van der Waals surface area contributed by atoms with E-state index in [1.807, 2.05) is 0 Å². The summed E-state index contributed by atoms with van der Waals surface area (Å²) in [6.07, 6.45) is 12.2. The number of hydrogen-bond donors (Lipinski definition) is 1. The molecule has 0 amide bonds. The molecule has 0 bridgehead atoms. The molecule has 18 heavy (non-hydrogen) atoms. The number of aliphatic hydroxyl groups excluding tert-OH is 1. The molecular weight excluding hydrogens is 224 g/mol. The maximum absolute atomic E-state index is 11.6. The van der Waals surface area contributed by atoms with Gasteiger partial charge in [-0.3, -0.25) is 4.79 Å². The van der Waals surface area contributed by atoms with Crippen LogP contribution in [0.15, 0.2) is 0 Å². The van der Waals surface area contributed by atoms with Gasteiger partial charge in [0.2, 0.25) is 0 Å². The summed E-state index contributed by atoms with van der Waals surface area (Å²) in [6.45, 7) is 4.38. The molecule has 0 radical (unpaired) electrons. The molecule has 1 atom stereocenters. The van der Waals surface area contributed by atoms with E-state index in [0.717, 1.165) is 25.7 Å². The molecule has 0 spiro atoms. The first-order valence-corrected chi connectivity index (χ1v) is 7.93. The first-order chi connectivity index (χ1) is 8.72. The van der Waals surface area contributed by atoms with Gasteiger partial charge < -0.3 is 5.11 Å². The molecule has 0 fully saturated rings. The van der Waals surface area contributed by atoms with Gasteiger partial charge in [0.15, 0.2) is 5.78 Å². The molecule has 2 heteroatoms. The molecule has 0 aromatic carbocycles. The van der Waals surface area contributed by atoms with Crippen molar-refractivity contribution in [2.24, 2.45) is 0 Å². The van der Waals surface area contributed by atoms with Crippen LogP contribution in [0.2, 0.25) is 0 Å². The third kappa shape index (κ3) is 10.8. The highest BCUT2D eigenvalue weighted by molar-refractivity contribution is 5.82. The molecule has 0 aliphatic heterocycles. The minimum Gasteiger partial charge on any atom is -0.385 e. The lowest BCUT2D eigenvalue weighted by atomic mass is 10.0. The van der Waals surface area contributed by atoms with E-state index in [4.69, 9.17) is 0 Å². The highest BCUT2D eigenvalue weighted by Gasteiger charge is 2.13. The van der Waals surface area contributed by atoms with Crippen molar-refractivity contribution >= 4 is 5.78 Å². The van der Waals surface area contributed by atoms with Gasteiger partial charge >= 0.3 is 0 Å². The number of unbranched alkanes of at least 4 members (excludes halogenated alkanes) is 8. The average Bonchev–Trinajstić information content (AvgIpc) is 2.37. The topological polar surface area (TPSA) is 37.3 Å². The van der Waals surface area contributed by atoms with Crippen LogP contribution in [-0.4, -0.2) is 17.0 Å². The van der Waals surface area contributed by atoms with Gasteiger partial charge in [-0.05, 0) is 12.8 Å². The van der Waals surface area contributed by atoms with Crippen molar-refractivity contribution < 1.29 is 9.90 Å². The summed E-state index contributed by atoms with van der Waals surface area (Å²) in [5, 5.41) is 9.73. The number of rotatable bonds is 13. The van der Waals surface area contributed by atoms with Gasteiger partial charge in [-0.2, -0.15) is 0 Å². The van der Waals surface area contributed by atoms with E-state index in [9.17, 15) is 9.90 Å². The molecule has 0 heterocycles. The van der Waals surface area contributed by atoms with Crippen LogP contribution in [0.5, 0.6) is 0 Å². The van der Waals surface area contributed by atoms with Crippen molar-refractivity contribution in [3.63, 3.8) is 0 Å². The van der Waals surface area contributed by atoms with Gasteiger partial charge in [-0.1, -0.05) is 71.6 Å². The van der Waals surface area contributed by atoms with Gasteiger partial charge in [0.1, 0.15) is 6.10 Å². The SMILES string of the molecule is CCCCCCCC(=O)[C@@H](O)CCCCCCC. The second-order valence-corrected chi connectivity index (χ2v) is 5.35. The molecule has 0 aliphatic rings. The van der Waals surface area contributed by atoms with Crippen molar-refractivity contribution in [3.8, 4) is 0 Å². The monoisotopic (exact) mass is 256 g/mol. The van der Waals surface area contributed by atoms with E-state index in [1.165, 1.54) is 38.5 Å². The lowest BCUT2D eigenvalue weighted by molar-refractivity contribution is -0.127. The number of aliphatic hydroxyl groups is 1. The lowest BCUT2D eigenvalue weighted by Gasteiger charge is -2.09. The van der Waals surface area contributed by atoms with Gasteiger partial charge in [0, 0.05) is 6.42 Å². The normalized spacial score (nSPS) is 12.6. The third-order valence-corrected chi connectivity index (χ3v) is 3.48. The highest BCUT2D eigenvalue weighted by Crippen LogP contribution is 2.11. The number of ketones is 1. The van der Waals surface area contributed by atoms with Crippen LogP contribution in [0, 0.1) is 0 Å². The van der Waals surface area contributed by atoms with E-state index in [0.29, 0.717) is 12.8 Å². The number of carbonyl (C=O) groups is 1. The van der Waals surface area contributed by atoms with Crippen LogP contribution in [0.25, 0.3) is 0 Å². The minimum atomic E-state index is -0.696. The van der Waals surface area contributed by atoms with E-state index < -0.39 is 6.10 Å². The molecule has 0 rings (SSSR count). The zero-order valence-corrected chi connectivity index (χ0v) is 12.4. The Morgan fingerprint density at radius 1 is 0.833 bits per heavy atom. The van der Waals surface area contributed by atoms with Crippen LogP contribution in [0.1, 0.15) is 90.9 Å². The Balaban J connectivity index is 3.39. The second-order valence-electron chi connectivity index (χ2n) is 5.35. The molecule has 0 saturated carbocycles. The van der Waals surface area contributed by atoms with Gasteiger partial charge in [0.05, 0.1) is 0 Å². The molecule has 108 valence electrons. The summed E-state index contributed by atoms with van der Waals surface area (Å²) >= 11 is 0. The molecule has 2 nitrogen and oxygen atoms in total. The number of hydrogen-bond acceptors (Lipinski definition) is 2. The summed E-state index contributed by atoms with van der Waals surface area (Å²) in [7, 11) is 0. The largest absolute Gasteiger partial charge is 0.385 e. The number of Topliss-reactive ketones (excluding diaryl/α,β-unsaturated/α-hetero) is 1. The Morgan fingerprint density at radius 2 is 1.33 bits per heavy atom. The average molecular weight is 256 g/mol. The number of carbonyl (C=O) groups excluding carboxylic acids is 1. The quantitative estimate of drug-likeness (QED) is 0.487. The van der Waals surface area contributed by atoms with Crippen LogP contribution in [0.4, 0.5) is 0 Å². The van der Waals surface area contributed by atoms with Crippen LogP contribution < -0.4 is 0 Å². The summed E-state index contributed by atoms with van der Waals surface area (Å²) < 4.78 is 0. The zero-order chi connectivity index (χ0) is 13.6.